The van der Waals surface area contributed by atoms with Crippen LogP contribution in [0.2, 0.25) is 0 Å². The molecule has 1 aliphatic rings. The Hall–Kier alpha value is -2.66. The largest absolute Gasteiger partial charge is 0.495 e. The molecular weight excluding hydrogens is 518 g/mol. The molecule has 0 radical (unpaired) electrons. The number of halogens is 3. The van der Waals surface area contributed by atoms with E-state index in [4.69, 9.17) is 4.74 Å². The SMILES string of the molecule is COc1cc(P(C)(C)=O)ccc1NCC#Cc1sc2c(NC3CCNCC3)cccc2c1C(F)C(F)F. The summed E-state index contributed by atoms with van der Waals surface area (Å²) < 4.78 is 60.3. The lowest BCUT2D eigenvalue weighted by Gasteiger charge is -2.25. The Bertz CT molecular complexity index is 1360. The molecule has 5 nitrogen and oxygen atoms in total. The van der Waals surface area contributed by atoms with Gasteiger partial charge in [-0.2, -0.15) is 0 Å². The second-order valence-corrected chi connectivity index (χ2v) is 13.6. The van der Waals surface area contributed by atoms with E-state index in [9.17, 15) is 17.7 Å². The quantitative estimate of drug-likeness (QED) is 0.236. The van der Waals surface area contributed by atoms with E-state index in [1.165, 1.54) is 18.4 Å². The van der Waals surface area contributed by atoms with E-state index in [0.717, 1.165) is 36.3 Å². The van der Waals surface area contributed by atoms with Crippen molar-refractivity contribution in [1.29, 1.82) is 0 Å². The molecule has 1 saturated heterocycles. The summed E-state index contributed by atoms with van der Waals surface area (Å²) in [5.41, 5.74) is 1.42. The number of nitrogens with one attached hydrogen (secondary N) is 3. The molecule has 2 heterocycles. The number of methoxy groups -OCH3 is 1. The molecule has 0 saturated carbocycles. The summed E-state index contributed by atoms with van der Waals surface area (Å²) in [7, 11) is -0.919. The molecular formula is C27H31F3N3O2PS. The van der Waals surface area contributed by atoms with Crippen LogP contribution >= 0.6 is 18.5 Å². The Morgan fingerprint density at radius 2 is 1.92 bits per heavy atom. The van der Waals surface area contributed by atoms with Crippen LogP contribution in [0.1, 0.15) is 29.5 Å². The van der Waals surface area contributed by atoms with Crippen molar-refractivity contribution in [2.24, 2.45) is 0 Å². The minimum absolute atomic E-state index is 0.0555. The molecule has 4 rings (SSSR count). The first kappa shape index (κ1) is 27.4. The molecule has 198 valence electrons. The first-order valence-corrected chi connectivity index (χ1v) is 15.5. The molecule has 0 aliphatic carbocycles. The van der Waals surface area contributed by atoms with Crippen molar-refractivity contribution in [2.75, 3.05) is 50.7 Å². The normalized spacial score (nSPS) is 15.3. The molecule has 1 atom stereocenters. The summed E-state index contributed by atoms with van der Waals surface area (Å²) in [6, 6.07) is 10.9. The summed E-state index contributed by atoms with van der Waals surface area (Å²) in [6.07, 6.45) is -3.66. The summed E-state index contributed by atoms with van der Waals surface area (Å²) in [5.74, 6) is 6.39. The Kier molecular flexibility index (Phi) is 8.74. The van der Waals surface area contributed by atoms with Gasteiger partial charge in [0.15, 0.2) is 6.17 Å². The summed E-state index contributed by atoms with van der Waals surface area (Å²) in [5, 5.41) is 11.1. The number of hydrogen-bond acceptors (Lipinski definition) is 6. The van der Waals surface area contributed by atoms with Crippen LogP contribution < -0.4 is 26.0 Å². The van der Waals surface area contributed by atoms with Gasteiger partial charge in [0.2, 0.25) is 0 Å². The third-order valence-electron chi connectivity index (χ3n) is 6.33. The lowest BCUT2D eigenvalue weighted by Crippen LogP contribution is -2.35. The number of ether oxygens (including phenoxy) is 1. The molecule has 0 bridgehead atoms. The highest BCUT2D eigenvalue weighted by atomic mass is 32.1. The smallest absolute Gasteiger partial charge is 0.273 e. The maximum absolute atomic E-state index is 14.8. The van der Waals surface area contributed by atoms with E-state index in [-0.39, 0.29) is 18.2 Å². The molecule has 37 heavy (non-hydrogen) atoms. The number of thiophene rings is 1. The molecule has 3 aromatic rings. The number of piperidine rings is 1. The maximum atomic E-state index is 14.8. The zero-order valence-electron chi connectivity index (χ0n) is 21.0. The van der Waals surface area contributed by atoms with Gasteiger partial charge in [-0.15, -0.1) is 11.3 Å². The van der Waals surface area contributed by atoms with E-state index in [1.807, 2.05) is 6.07 Å². The fourth-order valence-corrected chi connectivity index (χ4v) is 6.40. The van der Waals surface area contributed by atoms with Gasteiger partial charge in [-0.25, -0.2) is 13.2 Å². The van der Waals surface area contributed by atoms with E-state index >= 15 is 0 Å². The molecule has 1 aromatic heterocycles. The molecule has 1 aliphatic heterocycles. The number of rotatable bonds is 8. The standard InChI is InChI=1S/C27H31F3N3O2PS/c1-35-22-16-18(36(2,3)34)9-10-20(22)32-13-5-8-23-24(25(28)27(29)30)19-6-4-7-21(26(19)37-23)33-17-11-14-31-15-12-17/h4,6-7,9-10,16-17,25,27,31-33H,11-15H2,1-3H3. The third-order valence-corrected chi connectivity index (χ3v) is 9.02. The minimum Gasteiger partial charge on any atom is -0.495 e. The highest BCUT2D eigenvalue weighted by Crippen LogP contribution is 2.42. The predicted octanol–water partition coefficient (Wildman–Crippen LogP) is 6.06. The molecule has 0 amide bonds. The van der Waals surface area contributed by atoms with Crippen LogP contribution in [0.15, 0.2) is 36.4 Å². The molecule has 10 heteroatoms. The van der Waals surface area contributed by atoms with Crippen LogP contribution in [-0.2, 0) is 4.57 Å². The van der Waals surface area contributed by atoms with E-state index < -0.39 is 19.7 Å². The van der Waals surface area contributed by atoms with Gasteiger partial charge < -0.3 is 25.3 Å². The van der Waals surface area contributed by atoms with Gasteiger partial charge in [-0.3, -0.25) is 0 Å². The minimum atomic E-state index is -3.15. The van der Waals surface area contributed by atoms with Crippen molar-refractivity contribution in [3.05, 3.63) is 46.8 Å². The lowest BCUT2D eigenvalue weighted by molar-refractivity contribution is 0.0504. The summed E-state index contributed by atoms with van der Waals surface area (Å²) >= 11 is 1.23. The first-order chi connectivity index (χ1) is 17.7. The number of anilines is 2. The molecule has 1 fully saturated rings. The van der Waals surface area contributed by atoms with Crippen molar-refractivity contribution < 1.29 is 22.5 Å². The predicted molar refractivity (Wildman–Crippen MR) is 149 cm³/mol. The highest BCUT2D eigenvalue weighted by molar-refractivity contribution is 7.70. The van der Waals surface area contributed by atoms with Gasteiger partial charge in [0, 0.05) is 22.3 Å². The summed E-state index contributed by atoms with van der Waals surface area (Å²) in [4.78, 5) is 0.296. The molecule has 1 unspecified atom stereocenters. The van der Waals surface area contributed by atoms with Crippen LogP contribution in [0.3, 0.4) is 0 Å². The van der Waals surface area contributed by atoms with Crippen molar-refractivity contribution in [3.8, 4) is 17.6 Å². The van der Waals surface area contributed by atoms with Crippen molar-refractivity contribution >= 4 is 45.2 Å². The molecule has 3 N–H and O–H groups in total. The second-order valence-electron chi connectivity index (χ2n) is 9.32. The zero-order valence-corrected chi connectivity index (χ0v) is 22.7. The van der Waals surface area contributed by atoms with Crippen LogP contribution in [0, 0.1) is 11.8 Å². The van der Waals surface area contributed by atoms with Gasteiger partial charge in [0.1, 0.15) is 12.9 Å². The Morgan fingerprint density at radius 1 is 1.16 bits per heavy atom. The maximum Gasteiger partial charge on any atom is 0.273 e. The van der Waals surface area contributed by atoms with Gasteiger partial charge >= 0.3 is 0 Å². The van der Waals surface area contributed by atoms with Gasteiger partial charge in [-0.05, 0) is 63.5 Å². The van der Waals surface area contributed by atoms with Crippen molar-refractivity contribution in [3.63, 3.8) is 0 Å². The van der Waals surface area contributed by atoms with Crippen LogP contribution in [0.4, 0.5) is 24.5 Å². The third kappa shape index (κ3) is 6.43. The van der Waals surface area contributed by atoms with Crippen molar-refractivity contribution in [2.45, 2.75) is 31.5 Å². The second kappa shape index (κ2) is 11.8. The van der Waals surface area contributed by atoms with Crippen LogP contribution in [0.5, 0.6) is 5.75 Å². The number of benzene rings is 2. The van der Waals surface area contributed by atoms with E-state index in [2.05, 4.69) is 27.8 Å². The Labute approximate surface area is 219 Å². The number of alkyl halides is 3. The molecule has 2 aromatic carbocycles. The average Bonchev–Trinajstić information content (AvgIpc) is 3.25. The monoisotopic (exact) mass is 549 g/mol. The number of fused-ring (bicyclic) bond motifs is 1. The molecule has 0 spiro atoms. The zero-order chi connectivity index (χ0) is 26.6. The van der Waals surface area contributed by atoms with Crippen LogP contribution in [-0.4, -0.2) is 52.5 Å². The average molecular weight is 550 g/mol. The highest BCUT2D eigenvalue weighted by Gasteiger charge is 2.29. The Balaban J connectivity index is 1.61. The summed E-state index contributed by atoms with van der Waals surface area (Å²) in [6.45, 7) is 5.39. The van der Waals surface area contributed by atoms with Crippen LogP contribution in [0.25, 0.3) is 10.1 Å². The van der Waals surface area contributed by atoms with Gasteiger partial charge in [-0.1, -0.05) is 24.0 Å². The van der Waals surface area contributed by atoms with Gasteiger partial charge in [0.25, 0.3) is 6.43 Å². The topological polar surface area (TPSA) is 62.4 Å². The van der Waals surface area contributed by atoms with Gasteiger partial charge in [0.05, 0.1) is 34.6 Å². The fourth-order valence-electron chi connectivity index (χ4n) is 4.36. The van der Waals surface area contributed by atoms with E-state index in [0.29, 0.717) is 27.0 Å². The first-order valence-electron chi connectivity index (χ1n) is 12.1. The lowest BCUT2D eigenvalue weighted by atomic mass is 10.0. The van der Waals surface area contributed by atoms with E-state index in [1.54, 1.807) is 43.7 Å². The fraction of sp³-hybridized carbons (Fsp3) is 0.407. The number of hydrogen-bond donors (Lipinski definition) is 3. The Morgan fingerprint density at radius 3 is 2.59 bits per heavy atom. The van der Waals surface area contributed by atoms with Crippen molar-refractivity contribution in [1.82, 2.24) is 5.32 Å².